The van der Waals surface area contributed by atoms with Crippen molar-refractivity contribution in [3.05, 3.63) is 75.0 Å². The Morgan fingerprint density at radius 3 is 2.87 bits per heavy atom. The van der Waals surface area contributed by atoms with Gasteiger partial charge in [0.05, 0.1) is 20.9 Å². The van der Waals surface area contributed by atoms with Crippen molar-refractivity contribution in [3.63, 3.8) is 0 Å². The Bertz CT molecular complexity index is 1250. The van der Waals surface area contributed by atoms with E-state index in [1.165, 1.54) is 35.9 Å². The first-order valence-corrected chi connectivity index (χ1v) is 10.6. The summed E-state index contributed by atoms with van der Waals surface area (Å²) >= 11 is 11.1. The highest BCUT2D eigenvalue weighted by Crippen LogP contribution is 2.41. The number of hydrogen-bond acceptors (Lipinski definition) is 5. The summed E-state index contributed by atoms with van der Waals surface area (Å²) in [5.74, 6) is 0.194. The van der Waals surface area contributed by atoms with E-state index < -0.39 is 6.09 Å². The number of aromatic nitrogens is 2. The fraction of sp³-hybridized carbons (Fsp3) is 0.0500. The molecule has 0 atom stereocenters. The van der Waals surface area contributed by atoms with Gasteiger partial charge in [0.15, 0.2) is 5.82 Å². The first-order valence-electron chi connectivity index (χ1n) is 8.51. The number of carbonyl (C=O) groups is 1. The van der Waals surface area contributed by atoms with E-state index in [9.17, 15) is 14.3 Å². The largest absolute Gasteiger partial charge is 0.487 e. The van der Waals surface area contributed by atoms with Crippen LogP contribution in [0.2, 0.25) is 5.02 Å². The number of hydrogen-bond donors (Lipinski definition) is 1. The summed E-state index contributed by atoms with van der Waals surface area (Å²) < 4.78 is 20.1. The van der Waals surface area contributed by atoms with E-state index in [0.29, 0.717) is 26.0 Å². The molecule has 152 valence electrons. The van der Waals surface area contributed by atoms with Gasteiger partial charge in [0.1, 0.15) is 24.5 Å². The number of ether oxygens (including phenoxy) is 1. The maximum absolute atomic E-state index is 13.3. The second kappa shape index (κ2) is 8.55. The normalized spacial score (nSPS) is 10.9. The predicted octanol–water partition coefficient (Wildman–Crippen LogP) is 6.64. The highest BCUT2D eigenvalue weighted by molar-refractivity contribution is 9.10. The van der Waals surface area contributed by atoms with Crippen LogP contribution in [0.3, 0.4) is 0 Å². The van der Waals surface area contributed by atoms with Crippen LogP contribution < -0.4 is 9.64 Å². The molecule has 0 aliphatic carbocycles. The maximum Gasteiger partial charge on any atom is 0.417 e. The number of nitrogens with zero attached hydrogens (tertiary/aromatic N) is 3. The maximum atomic E-state index is 13.3. The van der Waals surface area contributed by atoms with Gasteiger partial charge < -0.3 is 9.84 Å². The highest BCUT2D eigenvalue weighted by Gasteiger charge is 2.25. The van der Waals surface area contributed by atoms with Gasteiger partial charge in [0.2, 0.25) is 0 Å². The van der Waals surface area contributed by atoms with Crippen LogP contribution in [0.4, 0.5) is 20.7 Å². The standard InChI is InChI=1S/C20H12BrClFN3O3S/c21-13-7-17(29-9-11-2-1-3-12(23)6-11)14(22)8-16(13)26(20(27)28)19-18-15(4-5-30-18)24-10-25-19/h1-8,10H,9H2,(H,27,28). The summed E-state index contributed by atoms with van der Waals surface area (Å²) in [5.41, 5.74) is 1.56. The average Bonchev–Trinajstić information content (AvgIpc) is 3.19. The number of carboxylic acid groups (broad SMARTS) is 1. The zero-order chi connectivity index (χ0) is 21.3. The first kappa shape index (κ1) is 20.5. The molecule has 1 N–H and O–H groups in total. The highest BCUT2D eigenvalue weighted by atomic mass is 79.9. The van der Waals surface area contributed by atoms with E-state index in [0.717, 1.165) is 4.90 Å². The molecule has 0 bridgehead atoms. The Hall–Kier alpha value is -2.75. The lowest BCUT2D eigenvalue weighted by Gasteiger charge is -2.21. The molecule has 6 nitrogen and oxygen atoms in total. The van der Waals surface area contributed by atoms with Gasteiger partial charge in [-0.3, -0.25) is 0 Å². The summed E-state index contributed by atoms with van der Waals surface area (Å²) in [4.78, 5) is 21.4. The fourth-order valence-corrected chi connectivity index (χ4v) is 4.37. The van der Waals surface area contributed by atoms with Gasteiger partial charge in [-0.15, -0.1) is 11.3 Å². The van der Waals surface area contributed by atoms with Crippen LogP contribution in [0, 0.1) is 5.82 Å². The smallest absolute Gasteiger partial charge is 0.417 e. The van der Waals surface area contributed by atoms with E-state index >= 15 is 0 Å². The van der Waals surface area contributed by atoms with Crippen molar-refractivity contribution in [2.75, 3.05) is 4.90 Å². The molecule has 1 amide bonds. The van der Waals surface area contributed by atoms with Crippen molar-refractivity contribution in [1.29, 1.82) is 0 Å². The third-order valence-corrected chi connectivity index (χ3v) is 5.98. The second-order valence-corrected chi connectivity index (χ2v) is 8.28. The summed E-state index contributed by atoms with van der Waals surface area (Å²) in [5, 5.41) is 11.9. The van der Waals surface area contributed by atoms with Crippen LogP contribution in [0.25, 0.3) is 10.2 Å². The molecule has 0 aliphatic heterocycles. The van der Waals surface area contributed by atoms with E-state index in [1.54, 1.807) is 24.3 Å². The number of fused-ring (bicyclic) bond motifs is 1. The van der Waals surface area contributed by atoms with Gasteiger partial charge in [-0.05, 0) is 57.2 Å². The van der Waals surface area contributed by atoms with Gasteiger partial charge in [-0.25, -0.2) is 24.1 Å². The van der Waals surface area contributed by atoms with E-state index in [1.807, 2.05) is 5.38 Å². The minimum absolute atomic E-state index is 0.105. The van der Waals surface area contributed by atoms with Crippen LogP contribution in [0.1, 0.15) is 5.56 Å². The quantitative estimate of drug-likeness (QED) is 0.327. The SMILES string of the molecule is O=C(O)N(c1cc(Cl)c(OCc2cccc(F)c2)cc1Br)c1ncnc2ccsc12. The molecule has 4 aromatic rings. The fourth-order valence-electron chi connectivity index (χ4n) is 2.83. The van der Waals surface area contributed by atoms with E-state index in [4.69, 9.17) is 16.3 Å². The van der Waals surface area contributed by atoms with Crippen molar-refractivity contribution in [2.24, 2.45) is 0 Å². The lowest BCUT2D eigenvalue weighted by molar-refractivity contribution is 0.204. The molecular formula is C20H12BrClFN3O3S. The summed E-state index contributed by atoms with van der Waals surface area (Å²) in [6, 6.07) is 10.9. The lowest BCUT2D eigenvalue weighted by Crippen LogP contribution is -2.25. The molecule has 0 saturated carbocycles. The summed E-state index contributed by atoms with van der Waals surface area (Å²) in [6.45, 7) is 0.105. The monoisotopic (exact) mass is 507 g/mol. The van der Waals surface area contributed by atoms with Gasteiger partial charge in [0, 0.05) is 4.47 Å². The van der Waals surface area contributed by atoms with Crippen LogP contribution >= 0.6 is 38.9 Å². The summed E-state index contributed by atoms with van der Waals surface area (Å²) in [6.07, 6.45) is 0.0837. The third-order valence-electron chi connectivity index (χ3n) is 4.15. The van der Waals surface area contributed by atoms with Crippen molar-refractivity contribution in [3.8, 4) is 5.75 Å². The Labute approximate surface area is 187 Å². The number of halogens is 3. The molecule has 2 heterocycles. The minimum Gasteiger partial charge on any atom is -0.487 e. The Morgan fingerprint density at radius 1 is 1.27 bits per heavy atom. The average molecular weight is 509 g/mol. The topological polar surface area (TPSA) is 75.5 Å². The molecule has 0 saturated heterocycles. The number of thiophene rings is 1. The minimum atomic E-state index is -1.23. The van der Waals surface area contributed by atoms with Crippen LogP contribution in [0.5, 0.6) is 5.75 Å². The van der Waals surface area contributed by atoms with E-state index in [2.05, 4.69) is 25.9 Å². The van der Waals surface area contributed by atoms with Gasteiger partial charge >= 0.3 is 6.09 Å². The number of amides is 1. The van der Waals surface area contributed by atoms with Crippen molar-refractivity contribution in [2.45, 2.75) is 6.61 Å². The molecule has 2 aromatic carbocycles. The Morgan fingerprint density at radius 2 is 2.10 bits per heavy atom. The molecule has 2 aromatic heterocycles. The Balaban J connectivity index is 1.69. The molecule has 4 rings (SSSR count). The molecule has 0 spiro atoms. The number of anilines is 2. The molecule has 0 fully saturated rings. The Kier molecular flexibility index (Phi) is 5.85. The van der Waals surface area contributed by atoms with Crippen LogP contribution in [0.15, 0.2) is 58.6 Å². The van der Waals surface area contributed by atoms with Gasteiger partial charge in [0.25, 0.3) is 0 Å². The van der Waals surface area contributed by atoms with E-state index in [-0.39, 0.29) is 29.0 Å². The van der Waals surface area contributed by atoms with Crippen molar-refractivity contribution >= 4 is 66.7 Å². The first-order chi connectivity index (χ1) is 14.4. The lowest BCUT2D eigenvalue weighted by atomic mass is 10.2. The van der Waals surface area contributed by atoms with Crippen molar-refractivity contribution < 1.29 is 19.0 Å². The predicted molar refractivity (Wildman–Crippen MR) is 117 cm³/mol. The summed E-state index contributed by atoms with van der Waals surface area (Å²) in [7, 11) is 0. The second-order valence-electron chi connectivity index (χ2n) is 6.10. The van der Waals surface area contributed by atoms with Gasteiger partial charge in [-0.1, -0.05) is 23.7 Å². The molecule has 0 radical (unpaired) electrons. The van der Waals surface area contributed by atoms with Gasteiger partial charge in [-0.2, -0.15) is 0 Å². The number of rotatable bonds is 5. The molecule has 30 heavy (non-hydrogen) atoms. The number of benzene rings is 2. The third kappa shape index (κ3) is 4.09. The molecule has 10 heteroatoms. The molecular weight excluding hydrogens is 497 g/mol. The van der Waals surface area contributed by atoms with Crippen LogP contribution in [-0.4, -0.2) is 21.2 Å². The zero-order valence-corrected chi connectivity index (χ0v) is 18.2. The molecule has 0 unspecified atom stereocenters. The van der Waals surface area contributed by atoms with Crippen molar-refractivity contribution in [1.82, 2.24) is 9.97 Å². The molecule has 0 aliphatic rings. The zero-order valence-electron chi connectivity index (χ0n) is 15.1. The van der Waals surface area contributed by atoms with Crippen LogP contribution in [-0.2, 0) is 6.61 Å².